The zero-order chi connectivity index (χ0) is 20.2. The lowest BCUT2D eigenvalue weighted by Crippen LogP contribution is -2.37. The van der Waals surface area contributed by atoms with Crippen LogP contribution in [0.15, 0.2) is 41.4 Å². The van der Waals surface area contributed by atoms with Gasteiger partial charge in [0.2, 0.25) is 12.8 Å². The lowest BCUT2D eigenvalue weighted by atomic mass is 10.1. The van der Waals surface area contributed by atoms with Crippen LogP contribution in [0.4, 0.5) is 5.69 Å². The number of carbonyl (C=O) groups excluding carboxylic acids is 1. The van der Waals surface area contributed by atoms with Crippen LogP contribution in [0.3, 0.4) is 0 Å². The second-order valence-electron chi connectivity index (χ2n) is 7.29. The van der Waals surface area contributed by atoms with E-state index >= 15 is 0 Å². The molecule has 1 saturated heterocycles. The first kappa shape index (κ1) is 19.3. The zero-order valence-electron chi connectivity index (χ0n) is 16.7. The van der Waals surface area contributed by atoms with Gasteiger partial charge in [0.05, 0.1) is 12.6 Å². The maximum absolute atomic E-state index is 12.8. The molecule has 0 aliphatic carbocycles. The summed E-state index contributed by atoms with van der Waals surface area (Å²) in [5, 5.41) is 6.14. The molecule has 29 heavy (non-hydrogen) atoms. The first-order valence-electron chi connectivity index (χ1n) is 9.80. The van der Waals surface area contributed by atoms with E-state index < -0.39 is 0 Å². The molecule has 1 amide bonds. The molecule has 152 valence electrons. The van der Waals surface area contributed by atoms with Gasteiger partial charge in [0.25, 0.3) is 5.91 Å². The second kappa shape index (κ2) is 8.53. The lowest BCUT2D eigenvalue weighted by Gasteiger charge is -2.15. The zero-order valence-corrected chi connectivity index (χ0v) is 16.7. The normalized spacial score (nSPS) is 18.0. The highest BCUT2D eigenvalue weighted by atomic mass is 16.7. The summed E-state index contributed by atoms with van der Waals surface area (Å²) in [6.07, 6.45) is 2.12. The average Bonchev–Trinajstić information content (AvgIpc) is 3.39. The highest BCUT2D eigenvalue weighted by molar-refractivity contribution is 6.10. The van der Waals surface area contributed by atoms with Crippen molar-refractivity contribution in [3.05, 3.63) is 53.1 Å². The molecular formula is C22H25N3O4. The summed E-state index contributed by atoms with van der Waals surface area (Å²) in [5.41, 5.74) is 3.62. The van der Waals surface area contributed by atoms with Crippen molar-refractivity contribution in [2.75, 3.05) is 25.3 Å². The van der Waals surface area contributed by atoms with Crippen molar-refractivity contribution in [3.63, 3.8) is 0 Å². The Balaban J connectivity index is 1.52. The smallest absolute Gasteiger partial charge is 0.258 e. The molecule has 2 aromatic rings. The topological polar surface area (TPSA) is 81.2 Å². The number of nitrogens with zero attached hydrogens (tertiary/aromatic N) is 1. The Hall–Kier alpha value is -3.06. The molecule has 7 nitrogen and oxygen atoms in total. The second-order valence-corrected chi connectivity index (χ2v) is 7.29. The summed E-state index contributed by atoms with van der Waals surface area (Å²) >= 11 is 0. The van der Waals surface area contributed by atoms with Crippen LogP contribution in [0.5, 0.6) is 11.5 Å². The van der Waals surface area contributed by atoms with Crippen LogP contribution in [0.1, 0.15) is 34.3 Å². The highest BCUT2D eigenvalue weighted by Crippen LogP contribution is 2.32. The molecular weight excluding hydrogens is 370 g/mol. The lowest BCUT2D eigenvalue weighted by molar-refractivity contribution is 0.0975. The Bertz CT molecular complexity index is 936. The Morgan fingerprint density at radius 1 is 1.14 bits per heavy atom. The number of amides is 1. The van der Waals surface area contributed by atoms with E-state index in [2.05, 4.69) is 21.7 Å². The number of carbonyl (C=O) groups is 1. The molecule has 0 radical (unpaired) electrons. The largest absolute Gasteiger partial charge is 0.454 e. The number of hydrogen-bond donors (Lipinski definition) is 2. The fourth-order valence-electron chi connectivity index (χ4n) is 3.39. The van der Waals surface area contributed by atoms with Crippen molar-refractivity contribution < 1.29 is 19.0 Å². The molecule has 2 aliphatic rings. The molecule has 0 bridgehead atoms. The third-order valence-electron chi connectivity index (χ3n) is 4.98. The summed E-state index contributed by atoms with van der Waals surface area (Å²) in [4.78, 5) is 17.4. The van der Waals surface area contributed by atoms with Gasteiger partial charge < -0.3 is 19.5 Å². The first-order chi connectivity index (χ1) is 14.1. The molecule has 2 N–H and O–H groups in total. The van der Waals surface area contributed by atoms with Crippen LogP contribution in [0.25, 0.3) is 0 Å². The number of ether oxygens (including phenoxy) is 3. The maximum atomic E-state index is 12.8. The Morgan fingerprint density at radius 2 is 2.00 bits per heavy atom. The Morgan fingerprint density at radius 3 is 2.79 bits per heavy atom. The summed E-state index contributed by atoms with van der Waals surface area (Å²) in [7, 11) is 0. The molecule has 1 unspecified atom stereocenters. The van der Waals surface area contributed by atoms with Crippen molar-refractivity contribution in [1.29, 1.82) is 0 Å². The van der Waals surface area contributed by atoms with E-state index in [0.29, 0.717) is 29.6 Å². The fourth-order valence-corrected chi connectivity index (χ4v) is 3.39. The number of guanidine groups is 1. The van der Waals surface area contributed by atoms with Crippen molar-refractivity contribution in [2.45, 2.75) is 32.8 Å². The third-order valence-corrected chi connectivity index (χ3v) is 4.98. The van der Waals surface area contributed by atoms with Crippen molar-refractivity contribution in [3.8, 4) is 11.5 Å². The van der Waals surface area contributed by atoms with Crippen LogP contribution in [0, 0.1) is 13.8 Å². The quantitative estimate of drug-likeness (QED) is 0.613. The number of nitrogens with one attached hydrogen (secondary N) is 2. The van der Waals surface area contributed by atoms with Crippen LogP contribution in [-0.4, -0.2) is 37.9 Å². The van der Waals surface area contributed by atoms with E-state index in [0.717, 1.165) is 30.7 Å². The number of aryl methyl sites for hydroxylation is 2. The Kier molecular flexibility index (Phi) is 5.67. The van der Waals surface area contributed by atoms with Gasteiger partial charge in [-0.25, -0.2) is 4.99 Å². The van der Waals surface area contributed by atoms with E-state index in [1.54, 1.807) is 18.2 Å². The van der Waals surface area contributed by atoms with Gasteiger partial charge in [0.1, 0.15) is 0 Å². The molecule has 2 aromatic carbocycles. The van der Waals surface area contributed by atoms with Crippen molar-refractivity contribution >= 4 is 17.6 Å². The molecule has 0 aromatic heterocycles. The predicted octanol–water partition coefficient (Wildman–Crippen LogP) is 3.41. The SMILES string of the molecule is Cc1ccc(NC(=NCC2CCCO2)NC(=O)c2ccc3c(c2)OCO3)c(C)c1. The minimum atomic E-state index is -0.272. The van der Waals surface area contributed by atoms with E-state index in [9.17, 15) is 4.79 Å². The summed E-state index contributed by atoms with van der Waals surface area (Å²) < 4.78 is 16.3. The van der Waals surface area contributed by atoms with Gasteiger partial charge in [0.15, 0.2) is 11.5 Å². The van der Waals surface area contributed by atoms with E-state index in [-0.39, 0.29) is 18.8 Å². The van der Waals surface area contributed by atoms with Crippen molar-refractivity contribution in [1.82, 2.24) is 5.32 Å². The van der Waals surface area contributed by atoms with Gasteiger partial charge in [-0.1, -0.05) is 17.7 Å². The molecule has 2 aliphatic heterocycles. The molecule has 2 heterocycles. The summed E-state index contributed by atoms with van der Waals surface area (Å²) in [6.45, 7) is 5.50. The van der Waals surface area contributed by atoms with E-state index in [4.69, 9.17) is 14.2 Å². The minimum Gasteiger partial charge on any atom is -0.454 e. The molecule has 0 saturated carbocycles. The number of anilines is 1. The van der Waals surface area contributed by atoms with E-state index in [1.165, 1.54) is 5.56 Å². The number of rotatable bonds is 4. The van der Waals surface area contributed by atoms with Gasteiger partial charge in [-0.2, -0.15) is 0 Å². The molecule has 0 spiro atoms. The molecule has 4 rings (SSSR count). The van der Waals surface area contributed by atoms with Crippen LogP contribution >= 0.6 is 0 Å². The van der Waals surface area contributed by atoms with Crippen LogP contribution < -0.4 is 20.1 Å². The fraction of sp³-hybridized carbons (Fsp3) is 0.364. The van der Waals surface area contributed by atoms with Gasteiger partial charge in [-0.3, -0.25) is 10.1 Å². The van der Waals surface area contributed by atoms with Crippen molar-refractivity contribution in [2.24, 2.45) is 4.99 Å². The maximum Gasteiger partial charge on any atom is 0.258 e. The summed E-state index contributed by atoms with van der Waals surface area (Å²) in [6, 6.07) is 11.2. The van der Waals surface area contributed by atoms with Crippen LogP contribution in [0.2, 0.25) is 0 Å². The highest BCUT2D eigenvalue weighted by Gasteiger charge is 2.19. The standard InChI is InChI=1S/C22H25N3O4/c1-14-5-7-18(15(2)10-14)24-22(23-12-17-4-3-9-27-17)25-21(26)16-6-8-19-20(11-16)29-13-28-19/h5-8,10-11,17H,3-4,9,12-13H2,1-2H3,(H2,23,24,25,26). The number of aliphatic imine (C=N–C) groups is 1. The van der Waals surface area contributed by atoms with E-state index in [1.807, 2.05) is 26.0 Å². The number of benzene rings is 2. The van der Waals surface area contributed by atoms with Gasteiger partial charge in [-0.15, -0.1) is 0 Å². The number of fused-ring (bicyclic) bond motifs is 1. The molecule has 1 atom stereocenters. The number of hydrogen-bond acceptors (Lipinski definition) is 5. The monoisotopic (exact) mass is 395 g/mol. The Labute approximate surface area is 170 Å². The van der Waals surface area contributed by atoms with Crippen LogP contribution in [-0.2, 0) is 4.74 Å². The molecule has 1 fully saturated rings. The van der Waals surface area contributed by atoms with Gasteiger partial charge >= 0.3 is 0 Å². The summed E-state index contributed by atoms with van der Waals surface area (Å²) in [5.74, 6) is 1.34. The third kappa shape index (κ3) is 4.68. The first-order valence-corrected chi connectivity index (χ1v) is 9.80. The predicted molar refractivity (Wildman–Crippen MR) is 111 cm³/mol. The average molecular weight is 395 g/mol. The minimum absolute atomic E-state index is 0.0911. The van der Waals surface area contributed by atoms with Gasteiger partial charge in [-0.05, 0) is 56.5 Å². The van der Waals surface area contributed by atoms with Gasteiger partial charge in [0, 0.05) is 17.9 Å². The molecule has 7 heteroatoms.